The molecule has 1 aromatic rings. The number of nitrogens with one attached hydrogen (secondary N) is 1. The fourth-order valence-electron chi connectivity index (χ4n) is 1.56. The van der Waals surface area contributed by atoms with E-state index in [1.54, 1.807) is 4.90 Å². The highest BCUT2D eigenvalue weighted by atomic mass is 16.6. The number of nitrogens with zero attached hydrogens (tertiary/aromatic N) is 1. The average molecular weight is 264 g/mol. The SMILES string of the molecule is CC(C)(C)OC(=O)N1CCNCC1.c1ccccc1. The van der Waals surface area contributed by atoms with Gasteiger partial charge in [-0.05, 0) is 20.8 Å². The third kappa shape index (κ3) is 7.47. The maximum absolute atomic E-state index is 11.5. The number of amides is 1. The van der Waals surface area contributed by atoms with E-state index in [0.29, 0.717) is 0 Å². The van der Waals surface area contributed by atoms with Gasteiger partial charge in [-0.25, -0.2) is 4.79 Å². The summed E-state index contributed by atoms with van der Waals surface area (Å²) in [6.07, 6.45) is -0.200. The standard InChI is InChI=1S/C9H18N2O2.C6H6/c1-9(2,3)13-8(12)11-6-4-10-5-7-11;1-2-4-6-5-3-1/h10H,4-7H2,1-3H3;1-6H. The van der Waals surface area contributed by atoms with Gasteiger partial charge in [0.1, 0.15) is 5.60 Å². The normalized spacial score (nSPS) is 15.2. The molecule has 1 aliphatic heterocycles. The Labute approximate surface area is 115 Å². The summed E-state index contributed by atoms with van der Waals surface area (Å²) in [5.74, 6) is 0. The lowest BCUT2D eigenvalue weighted by Crippen LogP contribution is -2.48. The molecule has 0 aliphatic carbocycles. The Morgan fingerprint density at radius 3 is 1.79 bits per heavy atom. The molecule has 1 aliphatic rings. The highest BCUT2D eigenvalue weighted by molar-refractivity contribution is 5.68. The van der Waals surface area contributed by atoms with Gasteiger partial charge in [-0.3, -0.25) is 0 Å². The molecular weight excluding hydrogens is 240 g/mol. The van der Waals surface area contributed by atoms with E-state index in [9.17, 15) is 4.79 Å². The van der Waals surface area contributed by atoms with Crippen LogP contribution in [0.15, 0.2) is 36.4 Å². The van der Waals surface area contributed by atoms with Crippen molar-refractivity contribution in [3.8, 4) is 0 Å². The molecule has 2 rings (SSSR count). The molecule has 1 saturated heterocycles. The van der Waals surface area contributed by atoms with Crippen LogP contribution in [0.2, 0.25) is 0 Å². The summed E-state index contributed by atoms with van der Waals surface area (Å²) in [5.41, 5.74) is -0.387. The van der Waals surface area contributed by atoms with Crippen LogP contribution in [0.5, 0.6) is 0 Å². The molecule has 0 unspecified atom stereocenters. The van der Waals surface area contributed by atoms with Crippen LogP contribution in [0.3, 0.4) is 0 Å². The van der Waals surface area contributed by atoms with Crippen LogP contribution < -0.4 is 5.32 Å². The first-order chi connectivity index (χ1) is 8.99. The minimum atomic E-state index is -0.387. The zero-order valence-electron chi connectivity index (χ0n) is 12.1. The number of rotatable bonds is 0. The monoisotopic (exact) mass is 264 g/mol. The topological polar surface area (TPSA) is 41.6 Å². The molecule has 0 radical (unpaired) electrons. The number of carbonyl (C=O) groups excluding carboxylic acids is 1. The first-order valence-corrected chi connectivity index (χ1v) is 6.68. The second-order valence-electron chi connectivity index (χ2n) is 5.37. The maximum Gasteiger partial charge on any atom is 0.410 e. The quantitative estimate of drug-likeness (QED) is 0.783. The van der Waals surface area contributed by atoms with Crippen molar-refractivity contribution < 1.29 is 9.53 Å². The van der Waals surface area contributed by atoms with Crippen molar-refractivity contribution in [3.63, 3.8) is 0 Å². The van der Waals surface area contributed by atoms with Gasteiger partial charge in [0, 0.05) is 26.2 Å². The van der Waals surface area contributed by atoms with Gasteiger partial charge in [-0.2, -0.15) is 0 Å². The lowest BCUT2D eigenvalue weighted by atomic mass is 10.2. The van der Waals surface area contributed by atoms with Gasteiger partial charge in [0.2, 0.25) is 0 Å². The Hall–Kier alpha value is -1.55. The number of ether oxygens (including phenoxy) is 1. The van der Waals surface area contributed by atoms with Crippen molar-refractivity contribution in [1.82, 2.24) is 10.2 Å². The number of benzene rings is 1. The van der Waals surface area contributed by atoms with Crippen molar-refractivity contribution in [2.45, 2.75) is 26.4 Å². The molecule has 1 heterocycles. The summed E-state index contributed by atoms with van der Waals surface area (Å²) >= 11 is 0. The smallest absolute Gasteiger partial charge is 0.410 e. The van der Waals surface area contributed by atoms with Crippen LogP contribution in [0, 0.1) is 0 Å². The molecule has 106 valence electrons. The predicted molar refractivity (Wildman–Crippen MR) is 77.1 cm³/mol. The molecule has 0 atom stereocenters. The number of carbonyl (C=O) groups is 1. The van der Waals surface area contributed by atoms with Crippen LogP contribution in [0.4, 0.5) is 4.79 Å². The van der Waals surface area contributed by atoms with Crippen molar-refractivity contribution in [1.29, 1.82) is 0 Å². The van der Waals surface area contributed by atoms with E-state index in [1.807, 2.05) is 57.2 Å². The number of hydrogen-bond donors (Lipinski definition) is 1. The summed E-state index contributed by atoms with van der Waals surface area (Å²) in [4.78, 5) is 13.2. The zero-order valence-corrected chi connectivity index (χ0v) is 12.1. The minimum Gasteiger partial charge on any atom is -0.444 e. The maximum atomic E-state index is 11.5. The highest BCUT2D eigenvalue weighted by Gasteiger charge is 2.22. The Morgan fingerprint density at radius 1 is 1.00 bits per heavy atom. The Morgan fingerprint density at radius 2 is 1.42 bits per heavy atom. The second-order valence-corrected chi connectivity index (χ2v) is 5.37. The summed E-state index contributed by atoms with van der Waals surface area (Å²) < 4.78 is 5.24. The third-order valence-electron chi connectivity index (χ3n) is 2.44. The first kappa shape index (κ1) is 15.5. The molecule has 1 aromatic carbocycles. The number of hydrogen-bond acceptors (Lipinski definition) is 3. The van der Waals surface area contributed by atoms with E-state index in [2.05, 4.69) is 5.32 Å². The van der Waals surface area contributed by atoms with Gasteiger partial charge < -0.3 is 15.0 Å². The average Bonchev–Trinajstić information content (AvgIpc) is 2.40. The number of piperazine rings is 1. The summed E-state index contributed by atoms with van der Waals surface area (Å²) in [6, 6.07) is 12.0. The van der Waals surface area contributed by atoms with Gasteiger partial charge in [0.25, 0.3) is 0 Å². The fraction of sp³-hybridized carbons (Fsp3) is 0.533. The van der Waals surface area contributed by atoms with Gasteiger partial charge >= 0.3 is 6.09 Å². The predicted octanol–water partition coefficient (Wildman–Crippen LogP) is 2.51. The molecule has 1 fully saturated rings. The van der Waals surface area contributed by atoms with Gasteiger partial charge in [-0.1, -0.05) is 36.4 Å². The van der Waals surface area contributed by atoms with Crippen LogP contribution in [-0.4, -0.2) is 42.8 Å². The van der Waals surface area contributed by atoms with E-state index < -0.39 is 0 Å². The molecule has 0 spiro atoms. The molecule has 1 amide bonds. The van der Waals surface area contributed by atoms with Crippen molar-refractivity contribution in [2.24, 2.45) is 0 Å². The van der Waals surface area contributed by atoms with Crippen molar-refractivity contribution in [3.05, 3.63) is 36.4 Å². The summed E-state index contributed by atoms with van der Waals surface area (Å²) in [5, 5.41) is 3.18. The van der Waals surface area contributed by atoms with Crippen molar-refractivity contribution in [2.75, 3.05) is 26.2 Å². The van der Waals surface area contributed by atoms with Crippen LogP contribution in [0.25, 0.3) is 0 Å². The van der Waals surface area contributed by atoms with E-state index in [4.69, 9.17) is 4.74 Å². The molecule has 0 aromatic heterocycles. The van der Waals surface area contributed by atoms with Gasteiger partial charge in [-0.15, -0.1) is 0 Å². The second kappa shape index (κ2) is 7.79. The Balaban J connectivity index is 0.000000250. The lowest BCUT2D eigenvalue weighted by Gasteiger charge is -2.30. The van der Waals surface area contributed by atoms with Gasteiger partial charge in [0.05, 0.1) is 0 Å². The molecule has 0 bridgehead atoms. The lowest BCUT2D eigenvalue weighted by molar-refractivity contribution is 0.0229. The van der Waals surface area contributed by atoms with E-state index >= 15 is 0 Å². The first-order valence-electron chi connectivity index (χ1n) is 6.68. The van der Waals surface area contributed by atoms with Crippen LogP contribution in [0.1, 0.15) is 20.8 Å². The van der Waals surface area contributed by atoms with Crippen LogP contribution in [-0.2, 0) is 4.74 Å². The summed E-state index contributed by atoms with van der Waals surface area (Å²) in [7, 11) is 0. The molecule has 19 heavy (non-hydrogen) atoms. The Bertz CT molecular complexity index is 327. The van der Waals surface area contributed by atoms with Crippen LogP contribution >= 0.6 is 0 Å². The molecule has 0 saturated carbocycles. The van der Waals surface area contributed by atoms with E-state index in [-0.39, 0.29) is 11.7 Å². The third-order valence-corrected chi connectivity index (χ3v) is 2.44. The minimum absolute atomic E-state index is 0.200. The fourth-order valence-corrected chi connectivity index (χ4v) is 1.56. The molecule has 4 nitrogen and oxygen atoms in total. The highest BCUT2D eigenvalue weighted by Crippen LogP contribution is 2.09. The molecule has 4 heteroatoms. The van der Waals surface area contributed by atoms with E-state index in [0.717, 1.165) is 26.2 Å². The largest absolute Gasteiger partial charge is 0.444 e. The Kier molecular flexibility index (Phi) is 6.36. The van der Waals surface area contributed by atoms with E-state index in [1.165, 1.54) is 0 Å². The molecule has 1 N–H and O–H groups in total. The molecular formula is C15H24N2O2. The summed E-state index contributed by atoms with van der Waals surface area (Å²) in [6.45, 7) is 8.86. The van der Waals surface area contributed by atoms with Crippen molar-refractivity contribution >= 4 is 6.09 Å². The zero-order chi connectivity index (χ0) is 14.1. The van der Waals surface area contributed by atoms with Gasteiger partial charge in [0.15, 0.2) is 0 Å².